The summed E-state index contributed by atoms with van der Waals surface area (Å²) in [6, 6.07) is 10.9. The SMILES string of the molecule is CCCCc1c(S(=O)(=O)O)ccc2ccccc12. The Morgan fingerprint density at radius 3 is 2.50 bits per heavy atom. The highest BCUT2D eigenvalue weighted by molar-refractivity contribution is 7.85. The Balaban J connectivity index is 2.71. The molecule has 96 valence electrons. The van der Waals surface area contributed by atoms with Crippen LogP contribution in [-0.2, 0) is 16.5 Å². The summed E-state index contributed by atoms with van der Waals surface area (Å²) in [6.07, 6.45) is 2.54. The largest absolute Gasteiger partial charge is 0.294 e. The average Bonchev–Trinajstić information content (AvgIpc) is 2.34. The molecule has 0 aliphatic heterocycles. The Hall–Kier alpha value is -1.39. The Labute approximate surface area is 107 Å². The fraction of sp³-hybridized carbons (Fsp3) is 0.286. The predicted octanol–water partition coefficient (Wildman–Crippen LogP) is 3.43. The van der Waals surface area contributed by atoms with Crippen LogP contribution < -0.4 is 0 Å². The lowest BCUT2D eigenvalue weighted by Crippen LogP contribution is -2.04. The van der Waals surface area contributed by atoms with E-state index in [2.05, 4.69) is 6.92 Å². The molecular formula is C14H16O3S. The minimum absolute atomic E-state index is 0.0367. The van der Waals surface area contributed by atoms with Crippen molar-refractivity contribution in [1.29, 1.82) is 0 Å². The second-order valence-electron chi connectivity index (χ2n) is 4.34. The lowest BCUT2D eigenvalue weighted by Gasteiger charge is -2.10. The molecule has 0 fully saturated rings. The number of rotatable bonds is 4. The molecule has 0 amide bonds. The zero-order chi connectivity index (χ0) is 13.2. The van der Waals surface area contributed by atoms with E-state index in [-0.39, 0.29) is 4.90 Å². The molecule has 2 aromatic carbocycles. The van der Waals surface area contributed by atoms with Gasteiger partial charge in [-0.3, -0.25) is 4.55 Å². The van der Waals surface area contributed by atoms with Gasteiger partial charge in [0.25, 0.3) is 10.1 Å². The van der Waals surface area contributed by atoms with E-state index in [0.717, 1.165) is 29.2 Å². The first kappa shape index (κ1) is 13.1. The van der Waals surface area contributed by atoms with Crippen molar-refractivity contribution >= 4 is 20.9 Å². The summed E-state index contributed by atoms with van der Waals surface area (Å²) in [5.74, 6) is 0. The van der Waals surface area contributed by atoms with Crippen molar-refractivity contribution in [2.24, 2.45) is 0 Å². The Bertz CT molecular complexity index is 660. The van der Waals surface area contributed by atoms with Crippen molar-refractivity contribution in [1.82, 2.24) is 0 Å². The molecule has 0 heterocycles. The first-order chi connectivity index (χ1) is 8.54. The van der Waals surface area contributed by atoms with E-state index in [1.807, 2.05) is 24.3 Å². The van der Waals surface area contributed by atoms with Crippen molar-refractivity contribution in [3.63, 3.8) is 0 Å². The first-order valence-corrected chi connectivity index (χ1v) is 7.46. The van der Waals surface area contributed by atoms with Crippen molar-refractivity contribution in [2.45, 2.75) is 31.1 Å². The minimum Gasteiger partial charge on any atom is -0.282 e. The lowest BCUT2D eigenvalue weighted by molar-refractivity contribution is 0.482. The van der Waals surface area contributed by atoms with Gasteiger partial charge in [-0.15, -0.1) is 0 Å². The fourth-order valence-corrected chi connectivity index (χ4v) is 2.93. The maximum atomic E-state index is 11.4. The molecule has 4 heteroatoms. The van der Waals surface area contributed by atoms with E-state index in [0.29, 0.717) is 6.42 Å². The number of benzene rings is 2. The second-order valence-corrected chi connectivity index (χ2v) is 5.73. The highest BCUT2D eigenvalue weighted by atomic mass is 32.2. The van der Waals surface area contributed by atoms with Crippen LogP contribution in [0.25, 0.3) is 10.8 Å². The molecule has 2 rings (SSSR count). The molecule has 0 saturated heterocycles. The van der Waals surface area contributed by atoms with Crippen LogP contribution >= 0.6 is 0 Å². The molecule has 0 radical (unpaired) electrons. The molecule has 0 aliphatic carbocycles. The van der Waals surface area contributed by atoms with E-state index < -0.39 is 10.1 Å². The van der Waals surface area contributed by atoms with Crippen LogP contribution in [0.3, 0.4) is 0 Å². The van der Waals surface area contributed by atoms with Crippen LogP contribution in [0.15, 0.2) is 41.3 Å². The topological polar surface area (TPSA) is 54.4 Å². The third-order valence-electron chi connectivity index (χ3n) is 3.06. The van der Waals surface area contributed by atoms with Crippen LogP contribution in [0.5, 0.6) is 0 Å². The van der Waals surface area contributed by atoms with E-state index in [1.54, 1.807) is 6.07 Å². The van der Waals surface area contributed by atoms with Crippen molar-refractivity contribution < 1.29 is 13.0 Å². The van der Waals surface area contributed by atoms with Crippen molar-refractivity contribution in [3.8, 4) is 0 Å². The quantitative estimate of drug-likeness (QED) is 0.861. The summed E-state index contributed by atoms with van der Waals surface area (Å²) < 4.78 is 32.1. The van der Waals surface area contributed by atoms with E-state index in [4.69, 9.17) is 0 Å². The summed E-state index contributed by atoms with van der Waals surface area (Å²) in [5, 5.41) is 1.90. The molecule has 3 nitrogen and oxygen atoms in total. The van der Waals surface area contributed by atoms with Crippen LogP contribution in [-0.4, -0.2) is 13.0 Å². The minimum atomic E-state index is -4.16. The van der Waals surface area contributed by atoms with Gasteiger partial charge in [-0.05, 0) is 35.2 Å². The van der Waals surface area contributed by atoms with Crippen LogP contribution in [0.1, 0.15) is 25.3 Å². The van der Waals surface area contributed by atoms with Gasteiger partial charge in [0.1, 0.15) is 0 Å². The molecule has 0 aliphatic rings. The maximum Gasteiger partial charge on any atom is 0.294 e. The second kappa shape index (κ2) is 5.08. The highest BCUT2D eigenvalue weighted by Gasteiger charge is 2.17. The molecule has 0 spiro atoms. The van der Waals surface area contributed by atoms with Gasteiger partial charge in [0.2, 0.25) is 0 Å². The highest BCUT2D eigenvalue weighted by Crippen LogP contribution is 2.27. The smallest absolute Gasteiger partial charge is 0.282 e. The van der Waals surface area contributed by atoms with E-state index in [9.17, 15) is 13.0 Å². The third-order valence-corrected chi connectivity index (χ3v) is 3.99. The van der Waals surface area contributed by atoms with Gasteiger partial charge in [0.15, 0.2) is 0 Å². The Kier molecular flexibility index (Phi) is 3.68. The number of unbranched alkanes of at least 4 members (excludes halogenated alkanes) is 1. The average molecular weight is 264 g/mol. The molecule has 0 atom stereocenters. The summed E-state index contributed by atoms with van der Waals surface area (Å²) in [4.78, 5) is 0.0367. The Morgan fingerprint density at radius 1 is 1.11 bits per heavy atom. The van der Waals surface area contributed by atoms with Crippen LogP contribution in [0.2, 0.25) is 0 Å². The van der Waals surface area contributed by atoms with Crippen molar-refractivity contribution in [3.05, 3.63) is 42.0 Å². The van der Waals surface area contributed by atoms with Gasteiger partial charge in [-0.1, -0.05) is 43.7 Å². The molecule has 0 aromatic heterocycles. The van der Waals surface area contributed by atoms with Gasteiger partial charge < -0.3 is 0 Å². The number of aryl methyl sites for hydroxylation is 1. The molecule has 2 aromatic rings. The first-order valence-electron chi connectivity index (χ1n) is 6.02. The third kappa shape index (κ3) is 2.54. The summed E-state index contributed by atoms with van der Waals surface area (Å²) in [7, 11) is -4.16. The number of fused-ring (bicyclic) bond motifs is 1. The van der Waals surface area contributed by atoms with Gasteiger partial charge in [0.05, 0.1) is 4.90 Å². The molecule has 18 heavy (non-hydrogen) atoms. The van der Waals surface area contributed by atoms with Crippen molar-refractivity contribution in [2.75, 3.05) is 0 Å². The number of hydrogen-bond donors (Lipinski definition) is 1. The van der Waals surface area contributed by atoms with Gasteiger partial charge >= 0.3 is 0 Å². The maximum absolute atomic E-state index is 11.4. The van der Waals surface area contributed by atoms with Gasteiger partial charge in [-0.25, -0.2) is 0 Å². The zero-order valence-corrected chi connectivity index (χ0v) is 11.1. The van der Waals surface area contributed by atoms with Crippen LogP contribution in [0.4, 0.5) is 0 Å². The fourth-order valence-electron chi connectivity index (χ4n) is 2.17. The standard InChI is InChI=1S/C14H16O3S/c1-2-3-7-13-12-8-5-4-6-11(12)9-10-14(13)18(15,16)17/h4-6,8-10H,2-3,7H2,1H3,(H,15,16,17). The van der Waals surface area contributed by atoms with Gasteiger partial charge in [-0.2, -0.15) is 8.42 Å². The molecule has 0 unspecified atom stereocenters. The molecule has 0 bridgehead atoms. The van der Waals surface area contributed by atoms with Gasteiger partial charge in [0, 0.05) is 0 Å². The normalized spacial score (nSPS) is 11.9. The monoisotopic (exact) mass is 264 g/mol. The lowest BCUT2D eigenvalue weighted by atomic mass is 10.0. The zero-order valence-electron chi connectivity index (χ0n) is 10.3. The van der Waals surface area contributed by atoms with E-state index in [1.165, 1.54) is 6.07 Å². The molecule has 1 N–H and O–H groups in total. The summed E-state index contributed by atoms with van der Waals surface area (Å²) >= 11 is 0. The summed E-state index contributed by atoms with van der Waals surface area (Å²) in [5.41, 5.74) is 0.720. The van der Waals surface area contributed by atoms with Crippen LogP contribution in [0, 0.1) is 0 Å². The predicted molar refractivity (Wildman–Crippen MR) is 72.4 cm³/mol. The summed E-state index contributed by atoms with van der Waals surface area (Å²) in [6.45, 7) is 2.05. The number of hydrogen-bond acceptors (Lipinski definition) is 2. The molecule has 0 saturated carbocycles. The van der Waals surface area contributed by atoms with E-state index >= 15 is 0 Å². The Morgan fingerprint density at radius 2 is 1.83 bits per heavy atom. The molecular weight excluding hydrogens is 248 g/mol.